The molecule has 0 radical (unpaired) electrons. The lowest BCUT2D eigenvalue weighted by Gasteiger charge is -2.32. The van der Waals surface area contributed by atoms with Crippen molar-refractivity contribution in [3.8, 4) is 0 Å². The van der Waals surface area contributed by atoms with Gasteiger partial charge in [-0.3, -0.25) is 19.3 Å². The second kappa shape index (κ2) is 11.2. The number of hydrogen-bond acceptors (Lipinski definition) is 8. The summed E-state index contributed by atoms with van der Waals surface area (Å²) in [5.74, 6) is -0.639. The highest BCUT2D eigenvalue weighted by Crippen LogP contribution is 2.55. The summed E-state index contributed by atoms with van der Waals surface area (Å²) in [6, 6.07) is 28.0. The minimum atomic E-state index is -1.88. The van der Waals surface area contributed by atoms with Crippen molar-refractivity contribution >= 4 is 68.3 Å². The van der Waals surface area contributed by atoms with Gasteiger partial charge in [0.05, 0.1) is 23.2 Å². The van der Waals surface area contributed by atoms with Crippen molar-refractivity contribution in [1.82, 2.24) is 10.2 Å². The van der Waals surface area contributed by atoms with E-state index in [9.17, 15) is 9.59 Å². The Hall–Kier alpha value is -4.77. The number of halogens is 1. The summed E-state index contributed by atoms with van der Waals surface area (Å²) in [7, 11) is 0. The first-order valence-corrected chi connectivity index (χ1v) is 17.0. The van der Waals surface area contributed by atoms with Crippen molar-refractivity contribution in [3.05, 3.63) is 145 Å². The Balaban J connectivity index is 1.35. The predicted molar refractivity (Wildman–Crippen MR) is 185 cm³/mol. The van der Waals surface area contributed by atoms with E-state index in [0.29, 0.717) is 31.8 Å². The van der Waals surface area contributed by atoms with Crippen molar-refractivity contribution in [2.45, 2.75) is 36.0 Å². The van der Waals surface area contributed by atoms with Gasteiger partial charge in [-0.1, -0.05) is 101 Å². The molecule has 2 aliphatic heterocycles. The normalized spacial score (nSPS) is 16.8. The maximum Gasteiger partial charge on any atom is 0.297 e. The maximum absolute atomic E-state index is 15.2. The molecule has 6 aromatic rings. The van der Waals surface area contributed by atoms with E-state index in [2.05, 4.69) is 10.2 Å². The number of amides is 2. The van der Waals surface area contributed by atoms with Crippen LogP contribution in [0.3, 0.4) is 0 Å². The highest BCUT2D eigenvalue weighted by atomic mass is 35.5. The van der Waals surface area contributed by atoms with E-state index in [0.717, 1.165) is 22.3 Å². The molecule has 1 spiro atoms. The summed E-state index contributed by atoms with van der Waals surface area (Å²) in [5.41, 5.74) is 2.62. The molecule has 2 aromatic heterocycles. The third-order valence-electron chi connectivity index (χ3n) is 8.82. The van der Waals surface area contributed by atoms with E-state index < -0.39 is 22.8 Å². The van der Waals surface area contributed by atoms with E-state index in [1.54, 1.807) is 35.2 Å². The predicted octanol–water partition coefficient (Wildman–Crippen LogP) is 7.66. The fourth-order valence-electron chi connectivity index (χ4n) is 6.44. The lowest BCUT2D eigenvalue weighted by molar-refractivity contribution is -0.121. The van der Waals surface area contributed by atoms with Crippen LogP contribution in [0.25, 0.3) is 11.0 Å². The van der Waals surface area contributed by atoms with Gasteiger partial charge in [0.2, 0.25) is 10.9 Å². The lowest BCUT2D eigenvalue weighted by atomic mass is 9.84. The molecule has 0 fully saturated rings. The molecular formula is C36H25ClN4O4S2. The molecule has 4 aromatic carbocycles. The number of carbonyl (C=O) groups excluding carboxylic acids is 2. The van der Waals surface area contributed by atoms with E-state index in [1.165, 1.54) is 28.0 Å². The molecule has 0 N–H and O–H groups in total. The van der Waals surface area contributed by atoms with Gasteiger partial charge in [0.1, 0.15) is 5.58 Å². The number of aromatic nitrogens is 2. The van der Waals surface area contributed by atoms with Gasteiger partial charge in [-0.25, -0.2) is 0 Å². The molecule has 1 unspecified atom stereocenters. The SMILES string of the molecule is Cc1cc2oc3c(c(=O)c2cc1C)C1(C(=O)N(Cc2ccccc2Cl)c2ccccc21)N(c1nnc(SCc2ccccc2)s1)C3=O. The fraction of sp³-hybridized carbons (Fsp3) is 0.139. The molecule has 4 heterocycles. The van der Waals surface area contributed by atoms with Gasteiger partial charge in [0, 0.05) is 16.3 Å². The Bertz CT molecular complexity index is 2320. The summed E-state index contributed by atoms with van der Waals surface area (Å²) in [6.07, 6.45) is 0. The van der Waals surface area contributed by atoms with Crippen molar-refractivity contribution in [1.29, 1.82) is 0 Å². The van der Waals surface area contributed by atoms with Gasteiger partial charge in [-0.05, 0) is 60.4 Å². The van der Waals surface area contributed by atoms with Gasteiger partial charge in [-0.2, -0.15) is 0 Å². The minimum Gasteiger partial charge on any atom is -0.450 e. The Labute approximate surface area is 282 Å². The quantitative estimate of drug-likeness (QED) is 0.132. The zero-order chi connectivity index (χ0) is 32.4. The Morgan fingerprint density at radius 3 is 2.43 bits per heavy atom. The van der Waals surface area contributed by atoms with Crippen molar-refractivity contribution in [2.24, 2.45) is 0 Å². The van der Waals surface area contributed by atoms with E-state index >= 15 is 4.79 Å². The highest BCUT2D eigenvalue weighted by Gasteiger charge is 2.66. The van der Waals surface area contributed by atoms with Crippen molar-refractivity contribution in [2.75, 3.05) is 9.80 Å². The Kier molecular flexibility index (Phi) is 7.05. The van der Waals surface area contributed by atoms with Crippen LogP contribution in [-0.4, -0.2) is 22.0 Å². The number of carbonyl (C=O) groups is 2. The number of aryl methyl sites for hydroxylation is 2. The molecule has 0 saturated carbocycles. The van der Waals surface area contributed by atoms with E-state index in [-0.39, 0.29) is 28.6 Å². The van der Waals surface area contributed by atoms with Gasteiger partial charge in [0.15, 0.2) is 15.3 Å². The third-order valence-corrected chi connectivity index (χ3v) is 11.3. The number of rotatable bonds is 6. The van der Waals surface area contributed by atoms with E-state index in [1.807, 2.05) is 74.5 Å². The van der Waals surface area contributed by atoms with Gasteiger partial charge in [0.25, 0.3) is 11.8 Å². The van der Waals surface area contributed by atoms with E-state index in [4.69, 9.17) is 16.0 Å². The molecule has 232 valence electrons. The first-order valence-electron chi connectivity index (χ1n) is 14.9. The smallest absolute Gasteiger partial charge is 0.297 e. The maximum atomic E-state index is 15.2. The highest BCUT2D eigenvalue weighted by molar-refractivity contribution is 8.00. The van der Waals surface area contributed by atoms with Crippen LogP contribution in [0.5, 0.6) is 0 Å². The molecule has 47 heavy (non-hydrogen) atoms. The second-order valence-corrected chi connectivity index (χ2v) is 14.1. The monoisotopic (exact) mass is 676 g/mol. The molecule has 1 atom stereocenters. The zero-order valence-corrected chi connectivity index (χ0v) is 27.6. The van der Waals surface area contributed by atoms with Crippen LogP contribution < -0.4 is 15.2 Å². The van der Waals surface area contributed by atoms with Crippen LogP contribution in [0.4, 0.5) is 10.8 Å². The molecule has 0 bridgehead atoms. The number of anilines is 2. The Morgan fingerprint density at radius 2 is 1.62 bits per heavy atom. The second-order valence-electron chi connectivity index (χ2n) is 11.5. The lowest BCUT2D eigenvalue weighted by Crippen LogP contribution is -2.53. The zero-order valence-electron chi connectivity index (χ0n) is 25.2. The molecule has 8 rings (SSSR count). The average molecular weight is 677 g/mol. The Morgan fingerprint density at radius 1 is 0.894 bits per heavy atom. The van der Waals surface area contributed by atoms with Crippen molar-refractivity contribution < 1.29 is 14.0 Å². The third kappa shape index (κ3) is 4.46. The van der Waals surface area contributed by atoms with Crippen LogP contribution in [0.1, 0.15) is 43.9 Å². The summed E-state index contributed by atoms with van der Waals surface area (Å²) in [4.78, 5) is 47.3. The number of nitrogens with zero attached hydrogens (tertiary/aromatic N) is 4. The molecular weight excluding hydrogens is 652 g/mol. The number of benzene rings is 4. The molecule has 8 nitrogen and oxygen atoms in total. The number of thioether (sulfide) groups is 1. The molecule has 2 amide bonds. The summed E-state index contributed by atoms with van der Waals surface area (Å²) in [5, 5.41) is 9.82. The summed E-state index contributed by atoms with van der Waals surface area (Å²) in [6.45, 7) is 3.95. The fourth-order valence-corrected chi connectivity index (χ4v) is 8.49. The first-order chi connectivity index (χ1) is 22.8. The first kappa shape index (κ1) is 29.6. The summed E-state index contributed by atoms with van der Waals surface area (Å²) < 4.78 is 6.90. The van der Waals surface area contributed by atoms with Crippen molar-refractivity contribution in [3.63, 3.8) is 0 Å². The molecule has 0 aliphatic carbocycles. The van der Waals surface area contributed by atoms with Gasteiger partial charge >= 0.3 is 0 Å². The standard InChI is InChI=1S/C36H25ClN4O4S2/c1-20-16-24-28(17-21(20)2)45-31-29(30(24)42)36(41(32(31)43)34-38-39-35(47-34)46-19-22-10-4-3-5-11-22)25-13-7-9-15-27(25)40(33(36)44)18-23-12-6-8-14-26(23)37/h3-17H,18-19H2,1-2H3. The number of para-hydroxylation sites is 1. The molecule has 11 heteroatoms. The van der Waals surface area contributed by atoms with Gasteiger partial charge in [-0.15, -0.1) is 10.2 Å². The minimum absolute atomic E-state index is 0.0222. The number of fused-ring (bicyclic) bond motifs is 5. The molecule has 2 aliphatic rings. The average Bonchev–Trinajstić information content (AvgIpc) is 3.71. The van der Waals surface area contributed by atoms with Crippen LogP contribution in [-0.2, 0) is 22.6 Å². The van der Waals surface area contributed by atoms with Crippen LogP contribution in [0, 0.1) is 13.8 Å². The number of hydrogen-bond donors (Lipinski definition) is 0. The largest absolute Gasteiger partial charge is 0.450 e. The summed E-state index contributed by atoms with van der Waals surface area (Å²) >= 11 is 9.24. The van der Waals surface area contributed by atoms with Crippen LogP contribution in [0.2, 0.25) is 5.02 Å². The van der Waals surface area contributed by atoms with Crippen LogP contribution >= 0.6 is 34.7 Å². The topological polar surface area (TPSA) is 96.6 Å². The van der Waals surface area contributed by atoms with Crippen LogP contribution in [0.15, 0.2) is 105 Å². The molecule has 0 saturated heterocycles. The van der Waals surface area contributed by atoms with Gasteiger partial charge < -0.3 is 9.32 Å².